The van der Waals surface area contributed by atoms with Gasteiger partial charge in [-0.3, -0.25) is 0 Å². The molecule has 0 bridgehead atoms. The fourth-order valence-corrected chi connectivity index (χ4v) is 3.79. The summed E-state index contributed by atoms with van der Waals surface area (Å²) >= 11 is 0. The van der Waals surface area contributed by atoms with Crippen molar-refractivity contribution in [1.82, 2.24) is 9.62 Å². The van der Waals surface area contributed by atoms with Crippen LogP contribution in [-0.4, -0.2) is 39.0 Å². The van der Waals surface area contributed by atoms with Gasteiger partial charge in [-0.2, -0.15) is 0 Å². The van der Waals surface area contributed by atoms with Crippen molar-refractivity contribution in [3.8, 4) is 0 Å². The molecule has 1 fully saturated rings. The van der Waals surface area contributed by atoms with E-state index in [4.69, 9.17) is 5.73 Å². The van der Waals surface area contributed by atoms with E-state index in [1.54, 1.807) is 24.3 Å². The van der Waals surface area contributed by atoms with E-state index in [1.807, 2.05) is 0 Å². The van der Waals surface area contributed by atoms with E-state index in [9.17, 15) is 8.42 Å². The summed E-state index contributed by atoms with van der Waals surface area (Å²) in [5, 5.41) is 0. The van der Waals surface area contributed by atoms with E-state index in [0.29, 0.717) is 11.4 Å². The Kier molecular flexibility index (Phi) is 5.15. The first-order chi connectivity index (χ1) is 9.55. The number of piperidine rings is 1. The number of hydrogen-bond acceptors (Lipinski definition) is 4. The number of nitrogens with one attached hydrogen (secondary N) is 1. The van der Waals surface area contributed by atoms with Crippen LogP contribution in [0.1, 0.15) is 25.3 Å². The smallest absolute Gasteiger partial charge is 0.240 e. The van der Waals surface area contributed by atoms with Crippen molar-refractivity contribution in [2.45, 2.75) is 37.2 Å². The zero-order valence-corrected chi connectivity index (χ0v) is 12.7. The van der Waals surface area contributed by atoms with Crippen LogP contribution in [0.4, 0.5) is 0 Å². The average molecular weight is 297 g/mol. The maximum atomic E-state index is 12.3. The van der Waals surface area contributed by atoms with Gasteiger partial charge in [0.05, 0.1) is 4.90 Å². The number of likely N-dealkylation sites (tertiary alicyclic amines) is 1. The van der Waals surface area contributed by atoms with Gasteiger partial charge in [-0.25, -0.2) is 13.1 Å². The van der Waals surface area contributed by atoms with Gasteiger partial charge in [-0.15, -0.1) is 0 Å². The third kappa shape index (κ3) is 3.79. The topological polar surface area (TPSA) is 75.4 Å². The first kappa shape index (κ1) is 15.4. The van der Waals surface area contributed by atoms with E-state index in [0.717, 1.165) is 38.0 Å². The number of sulfonamides is 1. The molecular weight excluding hydrogens is 274 g/mol. The van der Waals surface area contributed by atoms with Crippen molar-refractivity contribution in [1.29, 1.82) is 0 Å². The fourth-order valence-electron chi connectivity index (χ4n) is 2.53. The molecule has 1 saturated heterocycles. The molecule has 1 aromatic rings. The molecule has 6 heteroatoms. The predicted molar refractivity (Wildman–Crippen MR) is 79.8 cm³/mol. The normalized spacial score (nSPS) is 21.0. The standard InChI is InChI=1S/C14H23N3O2S/c1-2-17-9-3-4-13(11-17)16-20(18,19)14-7-5-12(10-15)6-8-14/h5-8,13,16H,2-4,9-11,15H2,1H3. The molecule has 1 unspecified atom stereocenters. The molecule has 112 valence electrons. The molecule has 2 rings (SSSR count). The van der Waals surface area contributed by atoms with E-state index in [-0.39, 0.29) is 6.04 Å². The molecule has 1 aliphatic heterocycles. The predicted octanol–water partition coefficient (Wildman–Crippen LogP) is 0.908. The molecule has 0 saturated carbocycles. The van der Waals surface area contributed by atoms with Gasteiger partial charge in [0, 0.05) is 19.1 Å². The second-order valence-electron chi connectivity index (χ2n) is 5.20. The number of rotatable bonds is 5. The largest absolute Gasteiger partial charge is 0.326 e. The third-order valence-corrected chi connectivity index (χ3v) is 5.28. The molecule has 0 aliphatic carbocycles. The number of benzene rings is 1. The lowest BCUT2D eigenvalue weighted by atomic mass is 10.1. The number of nitrogens with zero attached hydrogens (tertiary/aromatic N) is 1. The van der Waals surface area contributed by atoms with Gasteiger partial charge in [0.2, 0.25) is 10.0 Å². The van der Waals surface area contributed by atoms with E-state index in [2.05, 4.69) is 16.5 Å². The van der Waals surface area contributed by atoms with Crippen LogP contribution in [0.5, 0.6) is 0 Å². The summed E-state index contributed by atoms with van der Waals surface area (Å²) < 4.78 is 27.5. The van der Waals surface area contributed by atoms with Gasteiger partial charge >= 0.3 is 0 Å². The number of likely N-dealkylation sites (N-methyl/N-ethyl adjacent to an activating group) is 1. The van der Waals surface area contributed by atoms with Crippen molar-refractivity contribution in [2.24, 2.45) is 5.73 Å². The Morgan fingerprint density at radius 1 is 1.35 bits per heavy atom. The van der Waals surface area contributed by atoms with Crippen molar-refractivity contribution >= 4 is 10.0 Å². The quantitative estimate of drug-likeness (QED) is 0.847. The van der Waals surface area contributed by atoms with Crippen LogP contribution in [0.25, 0.3) is 0 Å². The maximum Gasteiger partial charge on any atom is 0.240 e. The van der Waals surface area contributed by atoms with Crippen LogP contribution < -0.4 is 10.5 Å². The SMILES string of the molecule is CCN1CCCC(NS(=O)(=O)c2ccc(CN)cc2)C1. The minimum absolute atomic E-state index is 0.00267. The highest BCUT2D eigenvalue weighted by molar-refractivity contribution is 7.89. The number of nitrogens with two attached hydrogens (primary N) is 1. The lowest BCUT2D eigenvalue weighted by Gasteiger charge is -2.32. The van der Waals surface area contributed by atoms with E-state index < -0.39 is 10.0 Å². The molecule has 1 heterocycles. The van der Waals surface area contributed by atoms with Crippen LogP contribution in [0, 0.1) is 0 Å². The molecule has 0 radical (unpaired) electrons. The summed E-state index contributed by atoms with van der Waals surface area (Å²) in [5.41, 5.74) is 6.45. The Bertz CT molecular complexity index is 528. The van der Waals surface area contributed by atoms with Crippen LogP contribution in [-0.2, 0) is 16.6 Å². The summed E-state index contributed by atoms with van der Waals surface area (Å²) in [7, 11) is -3.43. The molecule has 0 amide bonds. The summed E-state index contributed by atoms with van der Waals surface area (Å²) in [6, 6.07) is 6.75. The maximum absolute atomic E-state index is 12.3. The Balaban J connectivity index is 2.06. The highest BCUT2D eigenvalue weighted by Gasteiger charge is 2.24. The summed E-state index contributed by atoms with van der Waals surface area (Å²) in [6.07, 6.45) is 1.93. The summed E-state index contributed by atoms with van der Waals surface area (Å²) in [5.74, 6) is 0. The highest BCUT2D eigenvalue weighted by Crippen LogP contribution is 2.15. The fraction of sp³-hybridized carbons (Fsp3) is 0.571. The van der Waals surface area contributed by atoms with Crippen molar-refractivity contribution < 1.29 is 8.42 Å². The Hall–Kier alpha value is -0.950. The highest BCUT2D eigenvalue weighted by atomic mass is 32.2. The van der Waals surface area contributed by atoms with Crippen molar-refractivity contribution in [3.63, 3.8) is 0 Å². The lowest BCUT2D eigenvalue weighted by Crippen LogP contribution is -2.47. The molecule has 3 N–H and O–H groups in total. The van der Waals surface area contributed by atoms with Crippen LogP contribution in [0.3, 0.4) is 0 Å². The van der Waals surface area contributed by atoms with Gasteiger partial charge in [0.25, 0.3) is 0 Å². The molecule has 1 aromatic carbocycles. The second-order valence-corrected chi connectivity index (χ2v) is 6.92. The Morgan fingerprint density at radius 3 is 2.65 bits per heavy atom. The lowest BCUT2D eigenvalue weighted by molar-refractivity contribution is 0.211. The minimum atomic E-state index is -3.43. The Labute approximate surface area is 121 Å². The molecule has 0 spiro atoms. The van der Waals surface area contributed by atoms with Crippen LogP contribution >= 0.6 is 0 Å². The zero-order chi connectivity index (χ0) is 14.6. The molecule has 20 heavy (non-hydrogen) atoms. The number of hydrogen-bond donors (Lipinski definition) is 2. The van der Waals surface area contributed by atoms with E-state index >= 15 is 0 Å². The zero-order valence-electron chi connectivity index (χ0n) is 11.9. The summed E-state index contributed by atoms with van der Waals surface area (Å²) in [6.45, 7) is 5.32. The molecule has 1 atom stereocenters. The van der Waals surface area contributed by atoms with Gasteiger partial charge in [-0.1, -0.05) is 19.1 Å². The van der Waals surface area contributed by atoms with Gasteiger partial charge < -0.3 is 10.6 Å². The molecule has 0 aromatic heterocycles. The van der Waals surface area contributed by atoms with Gasteiger partial charge in [-0.05, 0) is 43.6 Å². The van der Waals surface area contributed by atoms with Crippen LogP contribution in [0.15, 0.2) is 29.2 Å². The van der Waals surface area contributed by atoms with Crippen molar-refractivity contribution in [2.75, 3.05) is 19.6 Å². The first-order valence-corrected chi connectivity index (χ1v) is 8.57. The monoisotopic (exact) mass is 297 g/mol. The minimum Gasteiger partial charge on any atom is -0.326 e. The van der Waals surface area contributed by atoms with Crippen LogP contribution in [0.2, 0.25) is 0 Å². The first-order valence-electron chi connectivity index (χ1n) is 7.09. The van der Waals surface area contributed by atoms with Crippen molar-refractivity contribution in [3.05, 3.63) is 29.8 Å². The van der Waals surface area contributed by atoms with E-state index in [1.165, 1.54) is 0 Å². The van der Waals surface area contributed by atoms with Gasteiger partial charge in [0.15, 0.2) is 0 Å². The average Bonchev–Trinajstić information content (AvgIpc) is 2.47. The molecule has 1 aliphatic rings. The third-order valence-electron chi connectivity index (χ3n) is 3.74. The van der Waals surface area contributed by atoms with Gasteiger partial charge in [0.1, 0.15) is 0 Å². The molecular formula is C14H23N3O2S. The summed E-state index contributed by atoms with van der Waals surface area (Å²) in [4.78, 5) is 2.58. The second kappa shape index (κ2) is 6.67. The Morgan fingerprint density at radius 2 is 2.05 bits per heavy atom. The molecule has 5 nitrogen and oxygen atoms in total.